The van der Waals surface area contributed by atoms with Gasteiger partial charge in [0.25, 0.3) is 5.91 Å². The summed E-state index contributed by atoms with van der Waals surface area (Å²) in [5.41, 5.74) is 3.43. The Labute approximate surface area is 130 Å². The van der Waals surface area contributed by atoms with Crippen LogP contribution >= 0.6 is 0 Å². The van der Waals surface area contributed by atoms with E-state index >= 15 is 0 Å². The molecule has 0 spiro atoms. The van der Waals surface area contributed by atoms with Gasteiger partial charge in [0.1, 0.15) is 5.75 Å². The zero-order chi connectivity index (χ0) is 15.4. The van der Waals surface area contributed by atoms with Crippen molar-refractivity contribution in [3.8, 4) is 5.75 Å². The standard InChI is InChI=1S/C18H20N2O2/c1-13(18(21)20-16-7-4-10-19-12-16)22-17-9-8-14-5-2-3-6-15(14)11-17/h4,7-13H,2-3,5-6H2,1H3,(H,20,21)/t13-/m1/s1. The summed E-state index contributed by atoms with van der Waals surface area (Å²) in [4.78, 5) is 16.1. The van der Waals surface area contributed by atoms with E-state index in [9.17, 15) is 4.79 Å². The van der Waals surface area contributed by atoms with Gasteiger partial charge in [-0.05, 0) is 68.0 Å². The molecule has 1 aliphatic carbocycles. The number of carbonyl (C=O) groups excluding carboxylic acids is 1. The average Bonchev–Trinajstić information content (AvgIpc) is 2.55. The maximum Gasteiger partial charge on any atom is 0.265 e. The number of ether oxygens (including phenoxy) is 1. The van der Waals surface area contributed by atoms with E-state index in [2.05, 4.69) is 22.4 Å². The summed E-state index contributed by atoms with van der Waals surface area (Å²) in [6, 6.07) is 9.73. The Morgan fingerprint density at radius 2 is 2.05 bits per heavy atom. The number of rotatable bonds is 4. The van der Waals surface area contributed by atoms with Crippen LogP contribution in [0.5, 0.6) is 5.75 Å². The van der Waals surface area contributed by atoms with Crippen molar-refractivity contribution in [2.75, 3.05) is 5.32 Å². The summed E-state index contributed by atoms with van der Waals surface area (Å²) in [7, 11) is 0. The van der Waals surface area contributed by atoms with Gasteiger partial charge in [-0.1, -0.05) is 6.07 Å². The Bertz CT molecular complexity index is 655. The molecule has 1 N–H and O–H groups in total. The molecule has 0 radical (unpaired) electrons. The van der Waals surface area contributed by atoms with Gasteiger partial charge in [0, 0.05) is 6.20 Å². The van der Waals surface area contributed by atoms with E-state index in [0.29, 0.717) is 5.69 Å². The van der Waals surface area contributed by atoms with Crippen molar-refractivity contribution >= 4 is 11.6 Å². The number of aryl methyl sites for hydroxylation is 2. The topological polar surface area (TPSA) is 51.2 Å². The molecule has 4 nitrogen and oxygen atoms in total. The number of hydrogen-bond acceptors (Lipinski definition) is 3. The lowest BCUT2D eigenvalue weighted by atomic mass is 9.92. The summed E-state index contributed by atoms with van der Waals surface area (Å²) >= 11 is 0. The number of pyridine rings is 1. The molecule has 1 atom stereocenters. The van der Waals surface area contributed by atoms with Crippen LogP contribution in [-0.4, -0.2) is 17.0 Å². The largest absolute Gasteiger partial charge is 0.481 e. The quantitative estimate of drug-likeness (QED) is 0.941. The molecule has 4 heteroatoms. The van der Waals surface area contributed by atoms with E-state index in [1.54, 1.807) is 31.5 Å². The predicted octanol–water partition coefficient (Wildman–Crippen LogP) is 3.37. The van der Waals surface area contributed by atoms with Crippen LogP contribution in [0.1, 0.15) is 30.9 Å². The fraction of sp³-hybridized carbons (Fsp3) is 0.333. The fourth-order valence-corrected chi connectivity index (χ4v) is 2.72. The summed E-state index contributed by atoms with van der Waals surface area (Å²) in [6.07, 6.45) is 7.47. The Kier molecular flexibility index (Phi) is 4.37. The molecule has 0 saturated carbocycles. The van der Waals surface area contributed by atoms with Crippen LogP contribution in [0.25, 0.3) is 0 Å². The first-order valence-electron chi connectivity index (χ1n) is 7.72. The first kappa shape index (κ1) is 14.6. The molecule has 1 aromatic heterocycles. The zero-order valence-corrected chi connectivity index (χ0v) is 12.7. The Morgan fingerprint density at radius 3 is 2.82 bits per heavy atom. The molecule has 0 bridgehead atoms. The highest BCUT2D eigenvalue weighted by atomic mass is 16.5. The summed E-state index contributed by atoms with van der Waals surface area (Å²) in [5.74, 6) is 0.584. The number of fused-ring (bicyclic) bond motifs is 1. The van der Waals surface area contributed by atoms with Crippen molar-refractivity contribution in [3.05, 3.63) is 53.9 Å². The van der Waals surface area contributed by atoms with Gasteiger partial charge in [-0.25, -0.2) is 0 Å². The van der Waals surface area contributed by atoms with Crippen LogP contribution in [0, 0.1) is 0 Å². The predicted molar refractivity (Wildman–Crippen MR) is 86.0 cm³/mol. The number of hydrogen-bond donors (Lipinski definition) is 1. The second kappa shape index (κ2) is 6.60. The van der Waals surface area contributed by atoms with Gasteiger partial charge in [0.15, 0.2) is 6.10 Å². The molecule has 0 saturated heterocycles. The van der Waals surface area contributed by atoms with Gasteiger partial charge in [-0.2, -0.15) is 0 Å². The van der Waals surface area contributed by atoms with Crippen molar-refractivity contribution in [2.45, 2.75) is 38.7 Å². The summed E-state index contributed by atoms with van der Waals surface area (Å²) in [6.45, 7) is 1.76. The Hall–Kier alpha value is -2.36. The molecule has 1 heterocycles. The monoisotopic (exact) mass is 296 g/mol. The number of nitrogens with zero attached hydrogens (tertiary/aromatic N) is 1. The first-order valence-corrected chi connectivity index (χ1v) is 7.72. The van der Waals surface area contributed by atoms with E-state index in [4.69, 9.17) is 4.74 Å². The molecular formula is C18H20N2O2. The van der Waals surface area contributed by atoms with Crippen molar-refractivity contribution in [1.82, 2.24) is 4.98 Å². The van der Waals surface area contributed by atoms with Gasteiger partial charge in [-0.15, -0.1) is 0 Å². The van der Waals surface area contributed by atoms with E-state index in [0.717, 1.165) is 18.6 Å². The smallest absolute Gasteiger partial charge is 0.265 e. The summed E-state index contributed by atoms with van der Waals surface area (Å²) < 4.78 is 5.78. The highest BCUT2D eigenvalue weighted by Crippen LogP contribution is 2.26. The van der Waals surface area contributed by atoms with Gasteiger partial charge >= 0.3 is 0 Å². The number of benzene rings is 1. The van der Waals surface area contributed by atoms with Crippen molar-refractivity contribution in [2.24, 2.45) is 0 Å². The Morgan fingerprint density at radius 1 is 1.23 bits per heavy atom. The van der Waals surface area contributed by atoms with E-state index in [-0.39, 0.29) is 5.91 Å². The third-order valence-electron chi connectivity index (χ3n) is 3.93. The van der Waals surface area contributed by atoms with Crippen molar-refractivity contribution in [3.63, 3.8) is 0 Å². The van der Waals surface area contributed by atoms with E-state index in [1.165, 1.54) is 24.0 Å². The van der Waals surface area contributed by atoms with Crippen LogP contribution in [0.3, 0.4) is 0 Å². The second-order valence-electron chi connectivity index (χ2n) is 5.63. The molecule has 0 aliphatic heterocycles. The normalized spacial score (nSPS) is 14.8. The summed E-state index contributed by atoms with van der Waals surface area (Å²) in [5, 5.41) is 2.80. The van der Waals surface area contributed by atoms with Crippen LogP contribution in [-0.2, 0) is 17.6 Å². The van der Waals surface area contributed by atoms with Gasteiger partial charge in [0.05, 0.1) is 11.9 Å². The fourth-order valence-electron chi connectivity index (χ4n) is 2.72. The molecule has 1 aromatic carbocycles. The highest BCUT2D eigenvalue weighted by Gasteiger charge is 2.16. The zero-order valence-electron chi connectivity index (χ0n) is 12.7. The second-order valence-corrected chi connectivity index (χ2v) is 5.63. The lowest BCUT2D eigenvalue weighted by Gasteiger charge is -2.19. The molecule has 2 aromatic rings. The molecule has 3 rings (SSSR count). The molecule has 114 valence electrons. The molecule has 0 fully saturated rings. The molecule has 22 heavy (non-hydrogen) atoms. The number of amides is 1. The third kappa shape index (κ3) is 3.45. The maximum atomic E-state index is 12.1. The van der Waals surface area contributed by atoms with Gasteiger partial charge < -0.3 is 10.1 Å². The lowest BCUT2D eigenvalue weighted by molar-refractivity contribution is -0.122. The van der Waals surface area contributed by atoms with E-state index < -0.39 is 6.10 Å². The van der Waals surface area contributed by atoms with Crippen LogP contribution in [0.4, 0.5) is 5.69 Å². The van der Waals surface area contributed by atoms with E-state index in [1.807, 2.05) is 6.07 Å². The van der Waals surface area contributed by atoms with Crippen molar-refractivity contribution < 1.29 is 9.53 Å². The number of nitrogens with one attached hydrogen (secondary N) is 1. The van der Waals surface area contributed by atoms with Crippen LogP contribution in [0.2, 0.25) is 0 Å². The highest BCUT2D eigenvalue weighted by molar-refractivity contribution is 5.93. The minimum Gasteiger partial charge on any atom is -0.481 e. The first-order chi connectivity index (χ1) is 10.7. The SMILES string of the molecule is C[C@@H](Oc1ccc2c(c1)CCCC2)C(=O)Nc1cccnc1. The van der Waals surface area contributed by atoms with Gasteiger partial charge in [-0.3, -0.25) is 9.78 Å². The van der Waals surface area contributed by atoms with Crippen LogP contribution in [0.15, 0.2) is 42.7 Å². The Balaban J connectivity index is 1.63. The minimum absolute atomic E-state index is 0.175. The van der Waals surface area contributed by atoms with Gasteiger partial charge in [0.2, 0.25) is 0 Å². The lowest BCUT2D eigenvalue weighted by Crippen LogP contribution is -2.30. The third-order valence-corrected chi connectivity index (χ3v) is 3.93. The number of anilines is 1. The molecule has 1 aliphatic rings. The molecule has 0 unspecified atom stereocenters. The number of carbonyl (C=O) groups is 1. The molecule has 1 amide bonds. The van der Waals surface area contributed by atoms with Crippen molar-refractivity contribution in [1.29, 1.82) is 0 Å². The molecular weight excluding hydrogens is 276 g/mol. The number of aromatic nitrogens is 1. The minimum atomic E-state index is -0.554. The van der Waals surface area contributed by atoms with Crippen LogP contribution < -0.4 is 10.1 Å². The maximum absolute atomic E-state index is 12.1. The average molecular weight is 296 g/mol.